The topological polar surface area (TPSA) is 108 Å². The van der Waals surface area contributed by atoms with E-state index in [4.69, 9.17) is 11.6 Å². The van der Waals surface area contributed by atoms with E-state index < -0.39 is 5.91 Å². The number of benzene rings is 1. The van der Waals surface area contributed by atoms with Crippen LogP contribution in [0.4, 0.5) is 5.69 Å². The smallest absolute Gasteiger partial charge is 0.276 e. The summed E-state index contributed by atoms with van der Waals surface area (Å²) in [5.74, 6) is 0.684. The fourth-order valence-corrected chi connectivity index (χ4v) is 3.05. The first kappa shape index (κ1) is 18.3. The van der Waals surface area contributed by atoms with E-state index in [1.54, 1.807) is 22.9 Å². The van der Waals surface area contributed by atoms with E-state index in [9.17, 15) is 9.59 Å². The Hall–Kier alpha value is -3.07. The Morgan fingerprint density at radius 3 is 2.86 bits per heavy atom. The fourth-order valence-electron chi connectivity index (χ4n) is 2.85. The molecule has 2 heterocycles. The highest BCUT2D eigenvalue weighted by Crippen LogP contribution is 2.39. The van der Waals surface area contributed by atoms with E-state index in [0.29, 0.717) is 28.9 Å². The third-order valence-corrected chi connectivity index (χ3v) is 4.72. The summed E-state index contributed by atoms with van der Waals surface area (Å²) in [6.07, 6.45) is 2.84. The van der Waals surface area contributed by atoms with E-state index in [0.717, 1.165) is 25.1 Å². The quantitative estimate of drug-likeness (QED) is 0.682. The maximum Gasteiger partial charge on any atom is 0.276 e. The number of hydrogen-bond acceptors (Lipinski definition) is 6. The van der Waals surface area contributed by atoms with Crippen LogP contribution in [0, 0.1) is 0 Å². The minimum Gasteiger partial charge on any atom is -0.321 e. The van der Waals surface area contributed by atoms with Gasteiger partial charge in [0.05, 0.1) is 10.7 Å². The number of halogens is 1. The van der Waals surface area contributed by atoms with Crippen LogP contribution >= 0.6 is 11.6 Å². The molecular formula is C18H18ClN7O2. The highest BCUT2D eigenvalue weighted by atomic mass is 35.5. The van der Waals surface area contributed by atoms with E-state index in [1.807, 2.05) is 6.92 Å². The fraction of sp³-hybridized carbons (Fsp3) is 0.333. The standard InChI is InChI=1S/C18H18ClN7O2/c1-2-9-25-16(27)8-7-14(22-25)18(28)20-12-5-6-13(19)15(10-12)26-17(11-3-4-11)21-23-24-26/h5-8,10-11H,2-4,9H2,1H3,(H,20,28). The molecule has 28 heavy (non-hydrogen) atoms. The van der Waals surface area contributed by atoms with Crippen molar-refractivity contribution in [1.29, 1.82) is 0 Å². The zero-order valence-corrected chi connectivity index (χ0v) is 15.9. The summed E-state index contributed by atoms with van der Waals surface area (Å²) in [4.78, 5) is 24.4. The number of anilines is 1. The zero-order valence-electron chi connectivity index (χ0n) is 15.2. The van der Waals surface area contributed by atoms with Gasteiger partial charge in [-0.3, -0.25) is 9.59 Å². The lowest BCUT2D eigenvalue weighted by Crippen LogP contribution is -2.26. The molecule has 2 aromatic heterocycles. The Kier molecular flexibility index (Phi) is 4.91. The predicted octanol–water partition coefficient (Wildman–Crippen LogP) is 2.41. The van der Waals surface area contributed by atoms with Gasteiger partial charge in [-0.05, 0) is 54.0 Å². The van der Waals surface area contributed by atoms with E-state index in [2.05, 4.69) is 25.9 Å². The van der Waals surface area contributed by atoms with Crippen molar-refractivity contribution in [3.8, 4) is 5.69 Å². The highest BCUT2D eigenvalue weighted by Gasteiger charge is 2.30. The Morgan fingerprint density at radius 2 is 2.11 bits per heavy atom. The molecule has 0 saturated heterocycles. The molecule has 0 bridgehead atoms. The lowest BCUT2D eigenvalue weighted by Gasteiger charge is -2.10. The summed E-state index contributed by atoms with van der Waals surface area (Å²) in [5, 5.41) is 19.2. The number of aromatic nitrogens is 6. The molecule has 1 saturated carbocycles. The molecule has 4 rings (SSSR count). The number of tetrazole rings is 1. The molecule has 0 radical (unpaired) electrons. The Bertz CT molecular complexity index is 1090. The number of amides is 1. The highest BCUT2D eigenvalue weighted by molar-refractivity contribution is 6.32. The molecule has 0 spiro atoms. The van der Waals surface area contributed by atoms with Gasteiger partial charge < -0.3 is 5.32 Å². The lowest BCUT2D eigenvalue weighted by molar-refractivity contribution is 0.102. The van der Waals surface area contributed by atoms with Gasteiger partial charge in [0.1, 0.15) is 5.69 Å². The van der Waals surface area contributed by atoms with Crippen molar-refractivity contribution < 1.29 is 4.79 Å². The summed E-state index contributed by atoms with van der Waals surface area (Å²) in [7, 11) is 0. The number of rotatable bonds is 6. The maximum absolute atomic E-state index is 12.6. The van der Waals surface area contributed by atoms with Crippen molar-refractivity contribution in [3.05, 3.63) is 57.2 Å². The van der Waals surface area contributed by atoms with E-state index in [1.165, 1.54) is 16.8 Å². The number of nitrogens with zero attached hydrogens (tertiary/aromatic N) is 6. The average Bonchev–Trinajstić information content (AvgIpc) is 3.42. The van der Waals surface area contributed by atoms with Gasteiger partial charge in [0, 0.05) is 24.2 Å². The largest absolute Gasteiger partial charge is 0.321 e. The predicted molar refractivity (Wildman–Crippen MR) is 103 cm³/mol. The van der Waals surface area contributed by atoms with Gasteiger partial charge in [-0.15, -0.1) is 5.10 Å². The molecule has 1 aliphatic rings. The van der Waals surface area contributed by atoms with Crippen LogP contribution in [-0.4, -0.2) is 35.9 Å². The summed E-state index contributed by atoms with van der Waals surface area (Å²) in [6, 6.07) is 7.83. The molecular weight excluding hydrogens is 382 g/mol. The second-order valence-corrected chi connectivity index (χ2v) is 7.03. The first-order chi connectivity index (χ1) is 13.6. The molecule has 0 unspecified atom stereocenters. The van der Waals surface area contributed by atoms with E-state index in [-0.39, 0.29) is 11.3 Å². The Morgan fingerprint density at radius 1 is 1.29 bits per heavy atom. The van der Waals surface area contributed by atoms with Crippen molar-refractivity contribution >= 4 is 23.2 Å². The van der Waals surface area contributed by atoms with Gasteiger partial charge in [0.2, 0.25) is 0 Å². The van der Waals surface area contributed by atoms with E-state index >= 15 is 0 Å². The summed E-state index contributed by atoms with van der Waals surface area (Å²) >= 11 is 6.33. The third-order valence-electron chi connectivity index (χ3n) is 4.40. The van der Waals surface area contributed by atoms with Crippen molar-refractivity contribution in [1.82, 2.24) is 30.0 Å². The summed E-state index contributed by atoms with van der Waals surface area (Å²) in [6.45, 7) is 2.39. The normalized spacial score (nSPS) is 13.5. The van der Waals surface area contributed by atoms with Crippen molar-refractivity contribution in [2.75, 3.05) is 5.32 Å². The number of hydrogen-bond donors (Lipinski definition) is 1. The van der Waals surface area contributed by atoms with Crippen LogP contribution in [0.2, 0.25) is 5.02 Å². The number of carbonyl (C=O) groups excluding carboxylic acids is 1. The molecule has 1 aromatic carbocycles. The lowest BCUT2D eigenvalue weighted by atomic mass is 10.2. The summed E-state index contributed by atoms with van der Waals surface area (Å²) in [5.41, 5.74) is 1.04. The van der Waals surface area contributed by atoms with Crippen LogP contribution in [0.1, 0.15) is 48.4 Å². The third kappa shape index (κ3) is 3.65. The van der Waals surface area contributed by atoms with Gasteiger partial charge in [0.15, 0.2) is 5.82 Å². The van der Waals surface area contributed by atoms with Gasteiger partial charge in [-0.2, -0.15) is 9.78 Å². The van der Waals surface area contributed by atoms with Crippen molar-refractivity contribution in [2.24, 2.45) is 0 Å². The average molecular weight is 400 g/mol. The number of aryl methyl sites for hydroxylation is 1. The molecule has 1 aliphatic carbocycles. The minimum atomic E-state index is -0.419. The molecule has 3 aromatic rings. The first-order valence-electron chi connectivity index (χ1n) is 9.04. The molecule has 1 fully saturated rings. The molecule has 1 N–H and O–H groups in total. The summed E-state index contributed by atoms with van der Waals surface area (Å²) < 4.78 is 2.89. The number of carbonyl (C=O) groups is 1. The van der Waals surface area contributed by atoms with Gasteiger partial charge in [-0.25, -0.2) is 4.68 Å². The van der Waals surface area contributed by atoms with Crippen LogP contribution in [0.5, 0.6) is 0 Å². The Balaban J connectivity index is 1.60. The SMILES string of the molecule is CCCn1nc(C(=O)Nc2ccc(Cl)c(-n3nnnc3C3CC3)c2)ccc1=O. The van der Waals surface area contributed by atoms with Crippen LogP contribution in [0.25, 0.3) is 5.69 Å². The number of nitrogens with one attached hydrogen (secondary N) is 1. The molecule has 144 valence electrons. The van der Waals surface area contributed by atoms with Crippen LogP contribution in [0.15, 0.2) is 35.1 Å². The first-order valence-corrected chi connectivity index (χ1v) is 9.42. The Labute approximate surface area is 165 Å². The van der Waals surface area contributed by atoms with Crippen molar-refractivity contribution in [2.45, 2.75) is 38.6 Å². The monoisotopic (exact) mass is 399 g/mol. The van der Waals surface area contributed by atoms with Crippen LogP contribution < -0.4 is 10.9 Å². The maximum atomic E-state index is 12.6. The second kappa shape index (κ2) is 7.51. The van der Waals surface area contributed by atoms with Gasteiger partial charge >= 0.3 is 0 Å². The second-order valence-electron chi connectivity index (χ2n) is 6.62. The minimum absolute atomic E-state index is 0.158. The van der Waals surface area contributed by atoms with Gasteiger partial charge in [0.25, 0.3) is 11.5 Å². The molecule has 0 aliphatic heterocycles. The van der Waals surface area contributed by atoms with Crippen LogP contribution in [0.3, 0.4) is 0 Å². The van der Waals surface area contributed by atoms with Crippen LogP contribution in [-0.2, 0) is 6.54 Å². The van der Waals surface area contributed by atoms with Crippen molar-refractivity contribution in [3.63, 3.8) is 0 Å². The molecule has 0 atom stereocenters. The molecule has 10 heteroatoms. The molecule has 1 amide bonds. The zero-order chi connectivity index (χ0) is 19.7. The molecule has 9 nitrogen and oxygen atoms in total. The van der Waals surface area contributed by atoms with Gasteiger partial charge in [-0.1, -0.05) is 18.5 Å².